The molecule has 168 valence electrons. The van der Waals surface area contributed by atoms with Crippen LogP contribution in [0.25, 0.3) is 0 Å². The minimum absolute atomic E-state index is 0. The lowest BCUT2D eigenvalue weighted by atomic mass is 9.80. The number of nitrogens with one attached hydrogen (secondary N) is 1. The van der Waals surface area contributed by atoms with Crippen LogP contribution in [0.5, 0.6) is 0 Å². The van der Waals surface area contributed by atoms with Gasteiger partial charge in [0.2, 0.25) is 5.91 Å². The molecule has 7 nitrogen and oxygen atoms in total. The van der Waals surface area contributed by atoms with Crippen molar-refractivity contribution in [2.75, 3.05) is 52.5 Å². The number of morpholine rings is 1. The number of nitrogens with two attached hydrogens (primary N) is 1. The Hall–Kier alpha value is -0.610. The number of carbonyl (C=O) groups is 1. The number of hydrogen-bond donors (Lipinski definition) is 2. The van der Waals surface area contributed by atoms with E-state index in [4.69, 9.17) is 15.5 Å². The Morgan fingerprint density at radius 1 is 1.17 bits per heavy atom. The van der Waals surface area contributed by atoms with Crippen LogP contribution >= 0.6 is 24.0 Å². The molecule has 1 amide bonds. The third-order valence-electron chi connectivity index (χ3n) is 6.63. The summed E-state index contributed by atoms with van der Waals surface area (Å²) in [5.74, 6) is 1.16. The summed E-state index contributed by atoms with van der Waals surface area (Å²) in [4.78, 5) is 21.5. The first-order valence-electron chi connectivity index (χ1n) is 11.3. The van der Waals surface area contributed by atoms with Crippen LogP contribution in [0.15, 0.2) is 4.99 Å². The SMILES string of the molecule is CCNC(=NCC1(N2CCOCC2)CCCCC1)N1CCCC(CC(N)=O)C1.I. The number of ether oxygens (including phenoxy) is 1. The number of piperidine rings is 1. The molecular weight excluding hydrogens is 481 g/mol. The van der Waals surface area contributed by atoms with Crippen molar-refractivity contribution in [1.29, 1.82) is 0 Å². The van der Waals surface area contributed by atoms with Crippen LogP contribution in [-0.2, 0) is 9.53 Å². The summed E-state index contributed by atoms with van der Waals surface area (Å²) in [5, 5.41) is 3.50. The van der Waals surface area contributed by atoms with E-state index in [1.807, 2.05) is 0 Å². The molecule has 1 aliphatic carbocycles. The van der Waals surface area contributed by atoms with Crippen molar-refractivity contribution in [1.82, 2.24) is 15.1 Å². The summed E-state index contributed by atoms with van der Waals surface area (Å²) in [6.07, 6.45) is 9.07. The molecule has 2 aliphatic heterocycles. The number of halogens is 1. The van der Waals surface area contributed by atoms with Gasteiger partial charge in [0, 0.05) is 44.7 Å². The minimum atomic E-state index is -0.192. The van der Waals surface area contributed by atoms with Gasteiger partial charge in [0.05, 0.1) is 19.8 Å². The first kappa shape index (κ1) is 24.7. The number of carbonyl (C=O) groups excluding carboxylic acids is 1. The number of aliphatic imine (C=N–C) groups is 1. The van der Waals surface area contributed by atoms with E-state index in [0.717, 1.165) is 71.3 Å². The molecule has 1 unspecified atom stereocenters. The van der Waals surface area contributed by atoms with E-state index in [2.05, 4.69) is 22.0 Å². The van der Waals surface area contributed by atoms with Gasteiger partial charge in [0.1, 0.15) is 0 Å². The van der Waals surface area contributed by atoms with Gasteiger partial charge in [-0.25, -0.2) is 0 Å². The second-order valence-electron chi connectivity index (χ2n) is 8.68. The number of nitrogens with zero attached hydrogens (tertiary/aromatic N) is 3. The predicted molar refractivity (Wildman–Crippen MR) is 128 cm³/mol. The van der Waals surface area contributed by atoms with Gasteiger partial charge in [-0.1, -0.05) is 19.3 Å². The first-order chi connectivity index (χ1) is 13.6. The second-order valence-corrected chi connectivity index (χ2v) is 8.68. The van der Waals surface area contributed by atoms with Crippen LogP contribution in [0.1, 0.15) is 58.3 Å². The Kier molecular flexibility index (Phi) is 10.5. The Morgan fingerprint density at radius 2 is 1.90 bits per heavy atom. The molecule has 0 aromatic rings. The lowest BCUT2D eigenvalue weighted by molar-refractivity contribution is -0.119. The molecule has 29 heavy (non-hydrogen) atoms. The third kappa shape index (κ3) is 6.95. The lowest BCUT2D eigenvalue weighted by Crippen LogP contribution is -2.57. The largest absolute Gasteiger partial charge is 0.379 e. The molecule has 2 heterocycles. The van der Waals surface area contributed by atoms with Crippen molar-refractivity contribution < 1.29 is 9.53 Å². The molecule has 3 rings (SSSR count). The van der Waals surface area contributed by atoms with E-state index in [0.29, 0.717) is 12.3 Å². The molecule has 0 bridgehead atoms. The molecule has 0 spiro atoms. The van der Waals surface area contributed by atoms with Crippen LogP contribution in [0.3, 0.4) is 0 Å². The summed E-state index contributed by atoms with van der Waals surface area (Å²) in [7, 11) is 0. The van der Waals surface area contributed by atoms with Crippen LogP contribution < -0.4 is 11.1 Å². The molecule has 1 atom stereocenters. The van der Waals surface area contributed by atoms with Gasteiger partial charge < -0.3 is 20.7 Å². The predicted octanol–water partition coefficient (Wildman–Crippen LogP) is 2.19. The fourth-order valence-electron chi connectivity index (χ4n) is 5.18. The molecule has 0 radical (unpaired) electrons. The fourth-order valence-corrected chi connectivity index (χ4v) is 5.18. The van der Waals surface area contributed by atoms with Crippen LogP contribution in [0.2, 0.25) is 0 Å². The quantitative estimate of drug-likeness (QED) is 0.318. The third-order valence-corrected chi connectivity index (χ3v) is 6.63. The second kappa shape index (κ2) is 12.3. The van der Waals surface area contributed by atoms with E-state index >= 15 is 0 Å². The van der Waals surface area contributed by atoms with E-state index in [1.165, 1.54) is 32.1 Å². The van der Waals surface area contributed by atoms with Crippen LogP contribution in [0.4, 0.5) is 0 Å². The van der Waals surface area contributed by atoms with Crippen molar-refractivity contribution in [3.63, 3.8) is 0 Å². The van der Waals surface area contributed by atoms with Crippen LogP contribution in [0, 0.1) is 5.92 Å². The van der Waals surface area contributed by atoms with Gasteiger partial charge in [-0.05, 0) is 38.5 Å². The summed E-state index contributed by atoms with van der Waals surface area (Å²) in [6, 6.07) is 0. The number of amides is 1. The summed E-state index contributed by atoms with van der Waals surface area (Å²) < 4.78 is 5.60. The number of primary amides is 1. The normalized spacial score (nSPS) is 25.9. The summed E-state index contributed by atoms with van der Waals surface area (Å²) >= 11 is 0. The highest BCUT2D eigenvalue weighted by Crippen LogP contribution is 2.34. The standard InChI is InChI=1S/C21H39N5O2.HI/c1-2-23-20(25-10-6-7-18(16-25)15-19(22)27)24-17-21(8-4-3-5-9-21)26-11-13-28-14-12-26;/h18H,2-17H2,1H3,(H2,22,27)(H,23,24);1H. The van der Waals surface area contributed by atoms with Gasteiger partial charge in [-0.3, -0.25) is 14.7 Å². The van der Waals surface area contributed by atoms with Crippen molar-refractivity contribution >= 4 is 35.8 Å². The van der Waals surface area contributed by atoms with E-state index in [9.17, 15) is 4.79 Å². The molecular formula is C21H40IN5O2. The van der Waals surface area contributed by atoms with Gasteiger partial charge in [-0.2, -0.15) is 0 Å². The average Bonchev–Trinajstić information content (AvgIpc) is 2.72. The van der Waals surface area contributed by atoms with Gasteiger partial charge in [0.15, 0.2) is 5.96 Å². The summed E-state index contributed by atoms with van der Waals surface area (Å²) in [6.45, 7) is 9.45. The zero-order valence-electron chi connectivity index (χ0n) is 18.0. The van der Waals surface area contributed by atoms with E-state index in [-0.39, 0.29) is 35.4 Å². The Labute approximate surface area is 193 Å². The maximum Gasteiger partial charge on any atom is 0.217 e. The number of hydrogen-bond acceptors (Lipinski definition) is 4. The van der Waals surface area contributed by atoms with Crippen LogP contribution in [-0.4, -0.2) is 79.7 Å². The Bertz CT molecular complexity index is 533. The van der Waals surface area contributed by atoms with Crippen molar-refractivity contribution in [2.45, 2.75) is 63.8 Å². The molecule has 2 saturated heterocycles. The maximum atomic E-state index is 11.4. The topological polar surface area (TPSA) is 83.2 Å². The lowest BCUT2D eigenvalue weighted by Gasteiger charge is -2.47. The Balaban J connectivity index is 0.00000300. The molecule has 1 saturated carbocycles. The maximum absolute atomic E-state index is 11.4. The molecule has 3 N–H and O–H groups in total. The minimum Gasteiger partial charge on any atom is -0.379 e. The molecule has 0 aromatic heterocycles. The average molecular weight is 521 g/mol. The van der Waals surface area contributed by atoms with E-state index < -0.39 is 0 Å². The molecule has 8 heteroatoms. The molecule has 0 aromatic carbocycles. The molecule has 3 aliphatic rings. The zero-order valence-corrected chi connectivity index (χ0v) is 20.4. The smallest absolute Gasteiger partial charge is 0.217 e. The van der Waals surface area contributed by atoms with Gasteiger partial charge >= 0.3 is 0 Å². The van der Waals surface area contributed by atoms with Gasteiger partial charge in [-0.15, -0.1) is 24.0 Å². The highest BCUT2D eigenvalue weighted by molar-refractivity contribution is 14.0. The first-order valence-corrected chi connectivity index (χ1v) is 11.3. The van der Waals surface area contributed by atoms with Crippen molar-refractivity contribution in [3.05, 3.63) is 0 Å². The van der Waals surface area contributed by atoms with Crippen molar-refractivity contribution in [3.8, 4) is 0 Å². The van der Waals surface area contributed by atoms with Crippen molar-refractivity contribution in [2.24, 2.45) is 16.6 Å². The monoisotopic (exact) mass is 521 g/mol. The van der Waals surface area contributed by atoms with Gasteiger partial charge in [0.25, 0.3) is 0 Å². The summed E-state index contributed by atoms with van der Waals surface area (Å²) in [5.41, 5.74) is 5.63. The fraction of sp³-hybridized carbons (Fsp3) is 0.905. The zero-order chi connectivity index (χ0) is 19.8. The molecule has 3 fully saturated rings. The number of guanidine groups is 1. The highest BCUT2D eigenvalue weighted by Gasteiger charge is 2.38. The number of likely N-dealkylation sites (tertiary alicyclic amines) is 1. The van der Waals surface area contributed by atoms with E-state index in [1.54, 1.807) is 0 Å². The number of rotatable bonds is 6. The highest BCUT2D eigenvalue weighted by atomic mass is 127. The Morgan fingerprint density at radius 3 is 2.55 bits per heavy atom.